The van der Waals surface area contributed by atoms with E-state index in [0.29, 0.717) is 0 Å². The fourth-order valence-electron chi connectivity index (χ4n) is 2.93. The molecule has 0 aliphatic heterocycles. The van der Waals surface area contributed by atoms with Crippen molar-refractivity contribution in [3.8, 4) is 0 Å². The van der Waals surface area contributed by atoms with E-state index in [-0.39, 0.29) is 0 Å². The molecule has 3 rings (SSSR count). The van der Waals surface area contributed by atoms with Crippen LogP contribution < -0.4 is 0 Å². The lowest BCUT2D eigenvalue weighted by Crippen LogP contribution is -1.98. The van der Waals surface area contributed by atoms with Crippen LogP contribution in [0.4, 0.5) is 5.69 Å². The van der Waals surface area contributed by atoms with Gasteiger partial charge in [0.05, 0.1) is 5.69 Å². The van der Waals surface area contributed by atoms with Gasteiger partial charge in [0.2, 0.25) is 0 Å². The summed E-state index contributed by atoms with van der Waals surface area (Å²) in [5.41, 5.74) is 6.68. The van der Waals surface area contributed by atoms with Gasteiger partial charge in [0.15, 0.2) is 0 Å². The number of hydrogen-bond acceptors (Lipinski definition) is 1. The molecule has 0 saturated heterocycles. The van der Waals surface area contributed by atoms with Crippen LogP contribution in [0, 0.1) is 6.92 Å². The van der Waals surface area contributed by atoms with E-state index >= 15 is 0 Å². The van der Waals surface area contributed by atoms with Gasteiger partial charge in [-0.05, 0) is 48.7 Å². The molecule has 114 valence electrons. The Morgan fingerprint density at radius 2 is 1.48 bits per heavy atom. The number of aliphatic imine (C=N–C) groups is 1. The zero-order valence-electron chi connectivity index (χ0n) is 13.9. The molecule has 23 heavy (non-hydrogen) atoms. The monoisotopic (exact) mass is 299 g/mol. The van der Waals surface area contributed by atoms with Gasteiger partial charge in [-0.15, -0.1) is 0 Å². The van der Waals surface area contributed by atoms with Crippen LogP contribution in [0.1, 0.15) is 30.5 Å². The third-order valence-corrected chi connectivity index (χ3v) is 4.16. The van der Waals surface area contributed by atoms with Crippen LogP contribution in [0.15, 0.2) is 72.2 Å². The summed E-state index contributed by atoms with van der Waals surface area (Å²) < 4.78 is 0. The Hall–Kier alpha value is -2.67. The van der Waals surface area contributed by atoms with E-state index in [2.05, 4.69) is 75.9 Å². The van der Waals surface area contributed by atoms with E-state index in [1.54, 1.807) is 0 Å². The van der Waals surface area contributed by atoms with Gasteiger partial charge in [-0.2, -0.15) is 0 Å². The highest BCUT2D eigenvalue weighted by Crippen LogP contribution is 2.29. The van der Waals surface area contributed by atoms with Crippen molar-refractivity contribution in [2.45, 2.75) is 20.8 Å². The zero-order valence-corrected chi connectivity index (χ0v) is 13.9. The van der Waals surface area contributed by atoms with E-state index in [0.717, 1.165) is 17.0 Å². The summed E-state index contributed by atoms with van der Waals surface area (Å²) in [5, 5.41) is 2.46. The minimum atomic E-state index is 1.02. The van der Waals surface area contributed by atoms with E-state index in [4.69, 9.17) is 4.99 Å². The normalized spacial score (nSPS) is 11.7. The predicted octanol–water partition coefficient (Wildman–Crippen LogP) is 6.32. The SMILES string of the molecule is C=C(C)c1cccc2cccc(/C(C)=N/c3ccccc3C)c12. The molecule has 0 saturated carbocycles. The first-order valence-electron chi connectivity index (χ1n) is 7.87. The van der Waals surface area contributed by atoms with Gasteiger partial charge in [-0.25, -0.2) is 0 Å². The lowest BCUT2D eigenvalue weighted by atomic mass is 9.94. The van der Waals surface area contributed by atoms with Crippen LogP contribution in [0.25, 0.3) is 16.3 Å². The molecule has 0 radical (unpaired) electrons. The number of allylic oxidation sites excluding steroid dienone is 1. The van der Waals surface area contributed by atoms with Crippen molar-refractivity contribution in [2.75, 3.05) is 0 Å². The van der Waals surface area contributed by atoms with Crippen LogP contribution >= 0.6 is 0 Å². The molecule has 0 bridgehead atoms. The second-order valence-corrected chi connectivity index (χ2v) is 5.97. The molecule has 3 aromatic rings. The minimum absolute atomic E-state index is 1.02. The third kappa shape index (κ3) is 2.95. The van der Waals surface area contributed by atoms with Crippen LogP contribution in [-0.4, -0.2) is 5.71 Å². The summed E-state index contributed by atoms with van der Waals surface area (Å²) in [6, 6.07) is 21.0. The molecule has 0 unspecified atom stereocenters. The number of fused-ring (bicyclic) bond motifs is 1. The fraction of sp³-hybridized carbons (Fsp3) is 0.136. The molecule has 0 heterocycles. The van der Waals surface area contributed by atoms with Gasteiger partial charge in [0.1, 0.15) is 0 Å². The predicted molar refractivity (Wildman–Crippen MR) is 102 cm³/mol. The van der Waals surface area contributed by atoms with Crippen molar-refractivity contribution < 1.29 is 0 Å². The maximum atomic E-state index is 4.87. The number of rotatable bonds is 3. The summed E-state index contributed by atoms with van der Waals surface area (Å²) in [5.74, 6) is 0. The Morgan fingerprint density at radius 3 is 2.13 bits per heavy atom. The minimum Gasteiger partial charge on any atom is -0.253 e. The molecule has 0 amide bonds. The largest absolute Gasteiger partial charge is 0.253 e. The van der Waals surface area contributed by atoms with Crippen LogP contribution in [-0.2, 0) is 0 Å². The molecule has 0 spiro atoms. The highest BCUT2D eigenvalue weighted by molar-refractivity contribution is 6.13. The first kappa shape index (κ1) is 15.2. The number of nitrogens with zero attached hydrogens (tertiary/aromatic N) is 1. The summed E-state index contributed by atoms with van der Waals surface area (Å²) in [6.45, 7) is 10.4. The van der Waals surface area contributed by atoms with Gasteiger partial charge in [0.25, 0.3) is 0 Å². The van der Waals surface area contributed by atoms with Crippen molar-refractivity contribution in [3.05, 3.63) is 83.9 Å². The first-order valence-corrected chi connectivity index (χ1v) is 7.87. The molecule has 1 nitrogen and oxygen atoms in total. The average molecular weight is 299 g/mol. The lowest BCUT2D eigenvalue weighted by Gasteiger charge is -2.12. The van der Waals surface area contributed by atoms with Crippen molar-refractivity contribution >= 4 is 27.7 Å². The molecular formula is C22H21N. The highest BCUT2D eigenvalue weighted by atomic mass is 14.7. The number of hydrogen-bond donors (Lipinski definition) is 0. The highest BCUT2D eigenvalue weighted by Gasteiger charge is 2.09. The fourth-order valence-corrected chi connectivity index (χ4v) is 2.93. The number of para-hydroxylation sites is 1. The molecule has 1 heteroatoms. The summed E-state index contributed by atoms with van der Waals surface area (Å²) in [7, 11) is 0. The number of aryl methyl sites for hydroxylation is 1. The van der Waals surface area contributed by atoms with E-state index in [9.17, 15) is 0 Å². The summed E-state index contributed by atoms with van der Waals surface area (Å²) in [4.78, 5) is 4.87. The summed E-state index contributed by atoms with van der Waals surface area (Å²) >= 11 is 0. The van der Waals surface area contributed by atoms with E-state index in [1.165, 1.54) is 27.5 Å². The maximum Gasteiger partial charge on any atom is 0.0662 e. The second kappa shape index (κ2) is 6.21. The summed E-state index contributed by atoms with van der Waals surface area (Å²) in [6.07, 6.45) is 0. The quantitative estimate of drug-likeness (QED) is 0.502. The Balaban J connectivity index is 2.24. The Bertz CT molecular complexity index is 911. The van der Waals surface area contributed by atoms with Gasteiger partial charge in [-0.3, -0.25) is 4.99 Å². The Labute approximate surface area is 138 Å². The molecule has 3 aromatic carbocycles. The average Bonchev–Trinajstić information content (AvgIpc) is 2.55. The molecule has 0 atom stereocenters. The molecule has 0 aromatic heterocycles. The van der Waals surface area contributed by atoms with Crippen molar-refractivity contribution in [1.29, 1.82) is 0 Å². The molecule has 0 N–H and O–H groups in total. The number of benzene rings is 3. The van der Waals surface area contributed by atoms with Crippen LogP contribution in [0.3, 0.4) is 0 Å². The molecule has 0 fully saturated rings. The first-order chi connectivity index (χ1) is 11.1. The second-order valence-electron chi connectivity index (χ2n) is 5.97. The van der Waals surface area contributed by atoms with E-state index < -0.39 is 0 Å². The Morgan fingerprint density at radius 1 is 0.826 bits per heavy atom. The zero-order chi connectivity index (χ0) is 16.4. The van der Waals surface area contributed by atoms with Crippen molar-refractivity contribution in [1.82, 2.24) is 0 Å². The van der Waals surface area contributed by atoms with Crippen LogP contribution in [0.2, 0.25) is 0 Å². The lowest BCUT2D eigenvalue weighted by molar-refractivity contribution is 1.39. The van der Waals surface area contributed by atoms with Crippen molar-refractivity contribution in [2.24, 2.45) is 4.99 Å². The Kier molecular flexibility index (Phi) is 4.12. The van der Waals surface area contributed by atoms with Gasteiger partial charge < -0.3 is 0 Å². The third-order valence-electron chi connectivity index (χ3n) is 4.16. The smallest absolute Gasteiger partial charge is 0.0662 e. The van der Waals surface area contributed by atoms with Crippen molar-refractivity contribution in [3.63, 3.8) is 0 Å². The van der Waals surface area contributed by atoms with Gasteiger partial charge in [0, 0.05) is 11.3 Å². The maximum absolute atomic E-state index is 4.87. The van der Waals surface area contributed by atoms with E-state index in [1.807, 2.05) is 12.1 Å². The van der Waals surface area contributed by atoms with Gasteiger partial charge >= 0.3 is 0 Å². The molecule has 0 aliphatic carbocycles. The van der Waals surface area contributed by atoms with Gasteiger partial charge in [-0.1, -0.05) is 66.7 Å². The molecule has 0 aliphatic rings. The topological polar surface area (TPSA) is 12.4 Å². The molecular weight excluding hydrogens is 278 g/mol. The van der Waals surface area contributed by atoms with Crippen LogP contribution in [0.5, 0.6) is 0 Å². The standard InChI is InChI=1S/C22H21N/c1-15(2)19-12-7-10-18-11-8-13-20(22(18)19)17(4)23-21-14-6-5-9-16(21)3/h5-14H,1H2,2-4H3/b23-17+.